The molecule has 0 saturated carbocycles. The van der Waals surface area contributed by atoms with Crippen molar-refractivity contribution in [1.29, 1.82) is 0 Å². The van der Waals surface area contributed by atoms with Gasteiger partial charge in [-0.05, 0) is 11.6 Å². The fourth-order valence-corrected chi connectivity index (χ4v) is 2.09. The maximum atomic E-state index is 11.4. The number of aliphatic hydroxyl groups excluding tert-OH is 1. The fraction of sp³-hybridized carbons (Fsp3) is 0.214. The molecular formula is C14H17NO2S. The molecule has 0 atom stereocenters. The maximum Gasteiger partial charge on any atom is 0.230 e. The molecule has 0 fully saturated rings. The Balaban J connectivity index is 2.18. The average molecular weight is 263 g/mol. The van der Waals surface area contributed by atoms with Gasteiger partial charge >= 0.3 is 0 Å². The second-order valence-corrected chi connectivity index (χ2v) is 4.63. The lowest BCUT2D eigenvalue weighted by Gasteiger charge is -2.04. The first kappa shape index (κ1) is 14.4. The second-order valence-electron chi connectivity index (χ2n) is 3.65. The van der Waals surface area contributed by atoms with E-state index in [9.17, 15) is 9.90 Å². The summed E-state index contributed by atoms with van der Waals surface area (Å²) in [6.45, 7) is 3.61. The third-order valence-corrected chi connectivity index (χ3v) is 3.13. The number of allylic oxidation sites excluding steroid dienone is 2. The summed E-state index contributed by atoms with van der Waals surface area (Å²) in [6.07, 6.45) is 2.93. The number of amides is 1. The number of hydrogen-bond donors (Lipinski definition) is 2. The van der Waals surface area contributed by atoms with Gasteiger partial charge in [0.15, 0.2) is 0 Å². The third-order valence-electron chi connectivity index (χ3n) is 2.12. The Morgan fingerprint density at radius 2 is 2.11 bits per heavy atom. The van der Waals surface area contributed by atoms with Gasteiger partial charge in [0.2, 0.25) is 5.91 Å². The van der Waals surface area contributed by atoms with Crippen LogP contribution in [-0.2, 0) is 10.5 Å². The Morgan fingerprint density at radius 1 is 1.39 bits per heavy atom. The van der Waals surface area contributed by atoms with E-state index in [0.29, 0.717) is 5.75 Å². The van der Waals surface area contributed by atoms with Crippen LogP contribution >= 0.6 is 11.8 Å². The van der Waals surface area contributed by atoms with Crippen LogP contribution in [0.4, 0.5) is 0 Å². The van der Waals surface area contributed by atoms with Gasteiger partial charge in [-0.25, -0.2) is 0 Å². The van der Waals surface area contributed by atoms with Crippen LogP contribution in [0.1, 0.15) is 5.56 Å². The molecule has 1 aromatic carbocycles. The van der Waals surface area contributed by atoms with Crippen LogP contribution in [0.25, 0.3) is 0 Å². The van der Waals surface area contributed by atoms with Crippen molar-refractivity contribution < 1.29 is 9.90 Å². The van der Waals surface area contributed by atoms with Gasteiger partial charge in [0.1, 0.15) is 5.76 Å². The van der Waals surface area contributed by atoms with E-state index in [-0.39, 0.29) is 18.2 Å². The van der Waals surface area contributed by atoms with Crippen LogP contribution in [0.5, 0.6) is 0 Å². The Hall–Kier alpha value is -1.68. The molecule has 1 amide bonds. The zero-order valence-electron chi connectivity index (χ0n) is 10.1. The highest BCUT2D eigenvalue weighted by Crippen LogP contribution is 2.10. The Labute approximate surface area is 112 Å². The van der Waals surface area contributed by atoms with Crippen molar-refractivity contribution in [2.45, 2.75) is 5.75 Å². The van der Waals surface area contributed by atoms with E-state index in [4.69, 9.17) is 0 Å². The van der Waals surface area contributed by atoms with Crippen LogP contribution in [-0.4, -0.2) is 23.3 Å². The Bertz CT molecular complexity index is 415. The summed E-state index contributed by atoms with van der Waals surface area (Å²) in [5.41, 5.74) is 1.20. The van der Waals surface area contributed by atoms with E-state index >= 15 is 0 Å². The SMILES string of the molecule is C=C/C=C(\O)CNC(=O)CSCc1ccccc1. The molecule has 0 spiro atoms. The highest BCUT2D eigenvalue weighted by molar-refractivity contribution is 7.99. The molecule has 0 bridgehead atoms. The molecule has 4 heteroatoms. The second kappa shape index (κ2) is 8.42. The molecule has 0 aliphatic rings. The zero-order chi connectivity index (χ0) is 13.2. The lowest BCUT2D eigenvalue weighted by molar-refractivity contribution is -0.118. The highest BCUT2D eigenvalue weighted by atomic mass is 32.2. The standard InChI is InChI=1S/C14H17NO2S/c1-2-6-13(16)9-15-14(17)11-18-10-12-7-4-3-5-8-12/h2-8,16H,1,9-11H2,(H,15,17)/b13-6-. The molecule has 0 heterocycles. The van der Waals surface area contributed by atoms with Crippen molar-refractivity contribution in [2.75, 3.05) is 12.3 Å². The van der Waals surface area contributed by atoms with Gasteiger partial charge in [0.25, 0.3) is 0 Å². The van der Waals surface area contributed by atoms with Crippen LogP contribution in [0, 0.1) is 0 Å². The summed E-state index contributed by atoms with van der Waals surface area (Å²) in [6, 6.07) is 9.99. The minimum absolute atomic E-state index is 0.0834. The number of thioether (sulfide) groups is 1. The lowest BCUT2D eigenvalue weighted by Crippen LogP contribution is -2.27. The van der Waals surface area contributed by atoms with Gasteiger partial charge < -0.3 is 10.4 Å². The summed E-state index contributed by atoms with van der Waals surface area (Å²) in [5.74, 6) is 1.21. The van der Waals surface area contributed by atoms with E-state index < -0.39 is 0 Å². The number of aliphatic hydroxyl groups is 1. The Morgan fingerprint density at radius 3 is 2.78 bits per heavy atom. The molecule has 96 valence electrons. The summed E-state index contributed by atoms with van der Waals surface area (Å²) in [7, 11) is 0. The van der Waals surface area contributed by atoms with Gasteiger partial charge in [-0.3, -0.25) is 4.79 Å². The lowest BCUT2D eigenvalue weighted by atomic mass is 10.2. The quantitative estimate of drug-likeness (QED) is 0.587. The van der Waals surface area contributed by atoms with Crippen LogP contribution in [0.15, 0.2) is 54.8 Å². The number of carbonyl (C=O) groups excluding carboxylic acids is 1. The summed E-state index contributed by atoms with van der Waals surface area (Å²) in [5, 5.41) is 11.9. The molecule has 0 radical (unpaired) electrons. The number of nitrogens with one attached hydrogen (secondary N) is 1. The predicted molar refractivity (Wildman–Crippen MR) is 76.5 cm³/mol. The van der Waals surface area contributed by atoms with Crippen molar-refractivity contribution >= 4 is 17.7 Å². The topological polar surface area (TPSA) is 49.3 Å². The molecule has 0 aliphatic heterocycles. The zero-order valence-corrected chi connectivity index (χ0v) is 11.0. The maximum absolute atomic E-state index is 11.4. The van der Waals surface area contributed by atoms with Crippen molar-refractivity contribution in [3.05, 3.63) is 60.4 Å². The first-order valence-electron chi connectivity index (χ1n) is 5.61. The summed E-state index contributed by atoms with van der Waals surface area (Å²) >= 11 is 1.55. The smallest absolute Gasteiger partial charge is 0.230 e. The third kappa shape index (κ3) is 6.15. The monoisotopic (exact) mass is 263 g/mol. The number of rotatable bonds is 7. The van der Waals surface area contributed by atoms with E-state index in [1.54, 1.807) is 11.8 Å². The predicted octanol–water partition coefficient (Wildman–Crippen LogP) is 2.66. The minimum atomic E-state index is -0.0834. The summed E-state index contributed by atoms with van der Waals surface area (Å²) < 4.78 is 0. The normalized spacial score (nSPS) is 11.0. The fourth-order valence-electron chi connectivity index (χ4n) is 1.27. The molecular weight excluding hydrogens is 246 g/mol. The van der Waals surface area contributed by atoms with E-state index in [1.165, 1.54) is 17.7 Å². The first-order valence-corrected chi connectivity index (χ1v) is 6.76. The van der Waals surface area contributed by atoms with Crippen molar-refractivity contribution in [3.8, 4) is 0 Å². The molecule has 0 unspecified atom stereocenters. The molecule has 1 rings (SSSR count). The van der Waals surface area contributed by atoms with Gasteiger partial charge in [0, 0.05) is 5.75 Å². The molecule has 0 aliphatic carbocycles. The Kier molecular flexibility index (Phi) is 6.72. The van der Waals surface area contributed by atoms with Crippen LogP contribution < -0.4 is 5.32 Å². The number of carbonyl (C=O) groups is 1. The number of hydrogen-bond acceptors (Lipinski definition) is 3. The molecule has 3 nitrogen and oxygen atoms in total. The van der Waals surface area contributed by atoms with Gasteiger partial charge in [-0.2, -0.15) is 0 Å². The van der Waals surface area contributed by atoms with Crippen molar-refractivity contribution in [2.24, 2.45) is 0 Å². The van der Waals surface area contributed by atoms with Gasteiger partial charge in [-0.1, -0.05) is 43.0 Å². The summed E-state index contributed by atoms with van der Waals surface area (Å²) in [4.78, 5) is 11.4. The number of benzene rings is 1. The first-order chi connectivity index (χ1) is 8.72. The minimum Gasteiger partial charge on any atom is -0.510 e. The van der Waals surface area contributed by atoms with Crippen molar-refractivity contribution in [1.82, 2.24) is 5.32 Å². The van der Waals surface area contributed by atoms with Gasteiger partial charge in [-0.15, -0.1) is 11.8 Å². The largest absolute Gasteiger partial charge is 0.510 e. The molecule has 1 aromatic rings. The van der Waals surface area contributed by atoms with Crippen LogP contribution in [0.2, 0.25) is 0 Å². The molecule has 0 aromatic heterocycles. The van der Waals surface area contributed by atoms with Crippen molar-refractivity contribution in [3.63, 3.8) is 0 Å². The van der Waals surface area contributed by atoms with E-state index in [2.05, 4.69) is 11.9 Å². The highest BCUT2D eigenvalue weighted by Gasteiger charge is 2.02. The molecule has 2 N–H and O–H groups in total. The molecule has 18 heavy (non-hydrogen) atoms. The van der Waals surface area contributed by atoms with Crippen LogP contribution in [0.3, 0.4) is 0 Å². The average Bonchev–Trinajstić information content (AvgIpc) is 2.38. The molecule has 0 saturated heterocycles. The van der Waals surface area contributed by atoms with E-state index in [0.717, 1.165) is 5.75 Å². The van der Waals surface area contributed by atoms with E-state index in [1.807, 2.05) is 30.3 Å². The van der Waals surface area contributed by atoms with Gasteiger partial charge in [0.05, 0.1) is 12.3 Å².